The van der Waals surface area contributed by atoms with E-state index < -0.39 is 0 Å². The van der Waals surface area contributed by atoms with Crippen molar-refractivity contribution < 1.29 is 0 Å². The third-order valence-electron chi connectivity index (χ3n) is 2.74. The third kappa shape index (κ3) is 2.87. The van der Waals surface area contributed by atoms with Crippen molar-refractivity contribution in [2.45, 2.75) is 38.1 Å². The van der Waals surface area contributed by atoms with Gasteiger partial charge in [0.25, 0.3) is 0 Å². The molecule has 1 aliphatic rings. The molecule has 84 valence electrons. The Bertz CT molecular complexity index is 351. The number of hydrogen-bond acceptors (Lipinski definition) is 1. The molecule has 1 aromatic rings. The first-order chi connectivity index (χ1) is 6.48. The molecule has 1 aliphatic carbocycles. The van der Waals surface area contributed by atoms with Gasteiger partial charge >= 0.3 is 0 Å². The van der Waals surface area contributed by atoms with E-state index in [1.54, 1.807) is 0 Å². The second-order valence-electron chi connectivity index (χ2n) is 4.74. The average Bonchev–Trinajstić information content (AvgIpc) is 2.83. The molecular weight excluding hydrogens is 229 g/mol. The minimum absolute atomic E-state index is 0. The number of rotatable bonds is 2. The maximum Gasteiger partial charge on any atom is 0.0459 e. The summed E-state index contributed by atoms with van der Waals surface area (Å²) >= 11 is 6.21. The van der Waals surface area contributed by atoms with Crippen molar-refractivity contribution >= 4 is 24.0 Å². The first-order valence-corrected chi connectivity index (χ1v) is 5.45. The molecule has 0 atom stereocenters. The van der Waals surface area contributed by atoms with Crippen molar-refractivity contribution in [3.63, 3.8) is 0 Å². The Morgan fingerprint density at radius 2 is 1.93 bits per heavy atom. The van der Waals surface area contributed by atoms with Gasteiger partial charge in [-0.05, 0) is 49.8 Å². The van der Waals surface area contributed by atoms with Crippen LogP contribution in [0.4, 0.5) is 0 Å². The quantitative estimate of drug-likeness (QED) is 0.843. The van der Waals surface area contributed by atoms with Crippen LogP contribution < -0.4 is 5.73 Å². The molecule has 0 radical (unpaired) electrons. The van der Waals surface area contributed by atoms with Crippen molar-refractivity contribution in [3.8, 4) is 0 Å². The molecule has 0 heterocycles. The van der Waals surface area contributed by atoms with Crippen molar-refractivity contribution in [3.05, 3.63) is 34.3 Å². The summed E-state index contributed by atoms with van der Waals surface area (Å²) in [6.07, 6.45) is 2.61. The van der Waals surface area contributed by atoms with Crippen molar-refractivity contribution in [2.75, 3.05) is 0 Å². The molecule has 0 unspecified atom stereocenters. The van der Waals surface area contributed by atoms with Gasteiger partial charge in [0.1, 0.15) is 0 Å². The molecular formula is C12H17Cl2N. The summed E-state index contributed by atoms with van der Waals surface area (Å²) in [5, 5.41) is 0.807. The van der Waals surface area contributed by atoms with E-state index in [-0.39, 0.29) is 17.9 Å². The lowest BCUT2D eigenvalue weighted by Crippen LogP contribution is -2.28. The average molecular weight is 246 g/mol. The van der Waals surface area contributed by atoms with Crippen LogP contribution >= 0.6 is 24.0 Å². The molecule has 0 amide bonds. The van der Waals surface area contributed by atoms with Crippen molar-refractivity contribution in [2.24, 2.45) is 5.73 Å². The standard InChI is InChI=1S/C12H16ClN.ClH/c1-12(2,14)10-6-5-9(7-11(10)13)8-3-4-8;/h5-8H,3-4,14H2,1-2H3;1H. The van der Waals surface area contributed by atoms with E-state index in [2.05, 4.69) is 18.2 Å². The molecule has 2 N–H and O–H groups in total. The van der Waals surface area contributed by atoms with Gasteiger partial charge in [0, 0.05) is 10.6 Å². The Morgan fingerprint density at radius 1 is 1.33 bits per heavy atom. The van der Waals surface area contributed by atoms with Gasteiger partial charge in [0.2, 0.25) is 0 Å². The zero-order chi connectivity index (χ0) is 10.3. The first-order valence-electron chi connectivity index (χ1n) is 5.07. The van der Waals surface area contributed by atoms with Crippen LogP contribution in [0.1, 0.15) is 43.7 Å². The van der Waals surface area contributed by atoms with Crippen LogP contribution in [-0.2, 0) is 5.54 Å². The maximum absolute atomic E-state index is 6.21. The molecule has 1 saturated carbocycles. The molecule has 0 saturated heterocycles. The Balaban J connectivity index is 0.00000112. The Labute approximate surface area is 102 Å². The number of benzene rings is 1. The van der Waals surface area contributed by atoms with E-state index in [0.29, 0.717) is 0 Å². The van der Waals surface area contributed by atoms with Gasteiger partial charge in [-0.3, -0.25) is 0 Å². The molecule has 15 heavy (non-hydrogen) atoms. The maximum atomic E-state index is 6.21. The minimum atomic E-state index is -0.348. The molecule has 1 fully saturated rings. The van der Waals surface area contributed by atoms with E-state index in [0.717, 1.165) is 16.5 Å². The highest BCUT2D eigenvalue weighted by atomic mass is 35.5. The van der Waals surface area contributed by atoms with Crippen LogP contribution in [0.2, 0.25) is 5.02 Å². The van der Waals surface area contributed by atoms with Gasteiger partial charge < -0.3 is 5.73 Å². The van der Waals surface area contributed by atoms with Gasteiger partial charge in [0.05, 0.1) is 0 Å². The van der Waals surface area contributed by atoms with Crippen LogP contribution in [0, 0.1) is 0 Å². The third-order valence-corrected chi connectivity index (χ3v) is 3.05. The molecule has 1 nitrogen and oxygen atoms in total. The Kier molecular flexibility index (Phi) is 3.70. The van der Waals surface area contributed by atoms with Crippen LogP contribution in [0.3, 0.4) is 0 Å². The van der Waals surface area contributed by atoms with Gasteiger partial charge in [-0.15, -0.1) is 12.4 Å². The number of halogens is 2. The normalized spacial score (nSPS) is 16.0. The lowest BCUT2D eigenvalue weighted by atomic mass is 9.94. The zero-order valence-electron chi connectivity index (χ0n) is 9.09. The highest BCUT2D eigenvalue weighted by Crippen LogP contribution is 2.41. The Morgan fingerprint density at radius 3 is 2.33 bits per heavy atom. The number of hydrogen-bond donors (Lipinski definition) is 1. The van der Waals surface area contributed by atoms with Crippen LogP contribution in [0.15, 0.2) is 18.2 Å². The zero-order valence-corrected chi connectivity index (χ0v) is 10.7. The predicted molar refractivity (Wildman–Crippen MR) is 67.9 cm³/mol. The van der Waals surface area contributed by atoms with Crippen molar-refractivity contribution in [1.29, 1.82) is 0 Å². The molecule has 0 bridgehead atoms. The fraction of sp³-hybridized carbons (Fsp3) is 0.500. The van der Waals surface area contributed by atoms with Crippen LogP contribution in [0.5, 0.6) is 0 Å². The smallest absolute Gasteiger partial charge is 0.0459 e. The topological polar surface area (TPSA) is 26.0 Å². The summed E-state index contributed by atoms with van der Waals surface area (Å²) in [7, 11) is 0. The molecule has 2 rings (SSSR count). The van der Waals surface area contributed by atoms with E-state index in [9.17, 15) is 0 Å². The highest BCUT2D eigenvalue weighted by Gasteiger charge is 2.25. The van der Waals surface area contributed by atoms with Gasteiger partial charge in [0.15, 0.2) is 0 Å². The van der Waals surface area contributed by atoms with Crippen LogP contribution in [0.25, 0.3) is 0 Å². The van der Waals surface area contributed by atoms with E-state index in [4.69, 9.17) is 17.3 Å². The molecule has 1 aromatic carbocycles. The summed E-state index contributed by atoms with van der Waals surface area (Å²) < 4.78 is 0. The predicted octanol–water partition coefficient (Wildman–Crippen LogP) is 3.83. The second kappa shape index (κ2) is 4.32. The first kappa shape index (κ1) is 12.8. The summed E-state index contributed by atoms with van der Waals surface area (Å²) in [5.74, 6) is 0.752. The molecule has 0 spiro atoms. The summed E-state index contributed by atoms with van der Waals surface area (Å²) in [4.78, 5) is 0. The lowest BCUT2D eigenvalue weighted by molar-refractivity contribution is 0.554. The highest BCUT2D eigenvalue weighted by molar-refractivity contribution is 6.31. The van der Waals surface area contributed by atoms with Gasteiger partial charge in [-0.25, -0.2) is 0 Å². The van der Waals surface area contributed by atoms with E-state index in [1.807, 2.05) is 13.8 Å². The van der Waals surface area contributed by atoms with E-state index in [1.165, 1.54) is 18.4 Å². The summed E-state index contributed by atoms with van der Waals surface area (Å²) in [6, 6.07) is 6.30. The minimum Gasteiger partial charge on any atom is -0.322 e. The fourth-order valence-electron chi connectivity index (χ4n) is 1.72. The SMILES string of the molecule is CC(C)(N)c1ccc(C2CC2)cc1Cl.Cl. The lowest BCUT2D eigenvalue weighted by Gasteiger charge is -2.21. The molecule has 0 aliphatic heterocycles. The summed E-state index contributed by atoms with van der Waals surface area (Å²) in [5.41, 5.74) is 8.06. The molecule has 3 heteroatoms. The monoisotopic (exact) mass is 245 g/mol. The second-order valence-corrected chi connectivity index (χ2v) is 5.14. The summed E-state index contributed by atoms with van der Waals surface area (Å²) in [6.45, 7) is 3.95. The fourth-order valence-corrected chi connectivity index (χ4v) is 2.16. The van der Waals surface area contributed by atoms with Gasteiger partial charge in [-0.2, -0.15) is 0 Å². The Hall–Kier alpha value is -0.240. The van der Waals surface area contributed by atoms with Crippen LogP contribution in [-0.4, -0.2) is 0 Å². The molecule has 0 aromatic heterocycles. The van der Waals surface area contributed by atoms with Gasteiger partial charge in [-0.1, -0.05) is 23.7 Å². The van der Waals surface area contributed by atoms with Crippen molar-refractivity contribution in [1.82, 2.24) is 0 Å². The number of nitrogens with two attached hydrogens (primary N) is 1. The largest absolute Gasteiger partial charge is 0.322 e. The van der Waals surface area contributed by atoms with E-state index >= 15 is 0 Å².